The minimum Gasteiger partial charge on any atom is -0.294 e. The third-order valence-electron chi connectivity index (χ3n) is 2.28. The minimum absolute atomic E-state index is 0.106. The number of hydrogen-bond donors (Lipinski definition) is 1. The summed E-state index contributed by atoms with van der Waals surface area (Å²) in [7, 11) is -4.62. The Morgan fingerprint density at radius 3 is 2.28 bits per heavy atom. The number of nitrogens with zero attached hydrogens (tertiary/aromatic N) is 1. The number of sulfone groups is 1. The quantitative estimate of drug-likeness (QED) is 0.929. The van der Waals surface area contributed by atoms with E-state index in [1.807, 2.05) is 0 Å². The summed E-state index contributed by atoms with van der Waals surface area (Å²) in [6.45, 7) is 0. The summed E-state index contributed by atoms with van der Waals surface area (Å²) in [5.74, 6) is -3.44. The molecular weight excluding hydrogens is 262 g/mol. The molecule has 96 valence electrons. The van der Waals surface area contributed by atoms with E-state index < -0.39 is 20.5 Å². The van der Waals surface area contributed by atoms with E-state index in [9.17, 15) is 17.2 Å². The number of nitrogens with one attached hydrogen (secondary N) is 1. The van der Waals surface area contributed by atoms with Gasteiger partial charge in [0.25, 0.3) is 0 Å². The van der Waals surface area contributed by atoms with Gasteiger partial charge < -0.3 is 0 Å². The molecule has 0 aliphatic heterocycles. The van der Waals surface area contributed by atoms with Crippen molar-refractivity contribution in [3.05, 3.63) is 48.8 Å². The van der Waals surface area contributed by atoms with Crippen LogP contribution in [0.25, 0.3) is 0 Å². The molecule has 0 bridgehead atoms. The Kier molecular flexibility index (Phi) is 3.33. The van der Waals surface area contributed by atoms with E-state index in [2.05, 4.69) is 5.43 Å². The van der Waals surface area contributed by atoms with Crippen LogP contribution in [0.15, 0.2) is 53.7 Å². The van der Waals surface area contributed by atoms with Gasteiger partial charge in [0, 0.05) is 12.4 Å². The zero-order chi connectivity index (χ0) is 13.2. The average Bonchev–Trinajstić information content (AvgIpc) is 2.82. The lowest BCUT2D eigenvalue weighted by Gasteiger charge is -2.12. The number of hydrogen-bond acceptors (Lipinski definition) is 3. The summed E-state index contributed by atoms with van der Waals surface area (Å²) in [5, 5.41) is 0. The zero-order valence-corrected chi connectivity index (χ0v) is 9.94. The van der Waals surface area contributed by atoms with Crippen LogP contribution in [0.4, 0.5) is 14.5 Å². The van der Waals surface area contributed by atoms with Crippen LogP contribution in [0.2, 0.25) is 0 Å². The molecular formula is C11H10F2N2O2S. The smallest absolute Gasteiger partial charge is 0.294 e. The SMILES string of the molecule is O=S(=O)(c1ccccc1Nn1cccc1)C(F)F. The minimum atomic E-state index is -4.62. The third-order valence-corrected chi connectivity index (χ3v) is 3.72. The molecule has 0 aliphatic carbocycles. The van der Waals surface area contributed by atoms with Crippen LogP contribution in [0.3, 0.4) is 0 Å². The fraction of sp³-hybridized carbons (Fsp3) is 0.0909. The summed E-state index contributed by atoms with van der Waals surface area (Å²) in [5.41, 5.74) is 2.82. The molecule has 1 N–H and O–H groups in total. The second-order valence-corrected chi connectivity index (χ2v) is 5.39. The predicted molar refractivity (Wildman–Crippen MR) is 63.1 cm³/mol. The van der Waals surface area contributed by atoms with Crippen molar-refractivity contribution in [1.82, 2.24) is 4.68 Å². The summed E-state index contributed by atoms with van der Waals surface area (Å²) in [6.07, 6.45) is 3.26. The van der Waals surface area contributed by atoms with E-state index in [1.165, 1.54) is 16.8 Å². The first-order valence-corrected chi connectivity index (χ1v) is 6.57. The largest absolute Gasteiger partial charge is 0.341 e. The number of para-hydroxylation sites is 1. The van der Waals surface area contributed by atoms with Gasteiger partial charge in [-0.05, 0) is 24.3 Å². The predicted octanol–water partition coefficient (Wildman–Crippen LogP) is 2.36. The third kappa shape index (κ3) is 2.35. The van der Waals surface area contributed by atoms with Crippen molar-refractivity contribution in [3.8, 4) is 0 Å². The van der Waals surface area contributed by atoms with Gasteiger partial charge in [0.05, 0.1) is 10.6 Å². The molecule has 0 unspecified atom stereocenters. The molecule has 0 radical (unpaired) electrons. The van der Waals surface area contributed by atoms with Crippen molar-refractivity contribution in [2.75, 3.05) is 5.43 Å². The lowest BCUT2D eigenvalue weighted by atomic mass is 10.3. The molecule has 1 heterocycles. The number of alkyl halides is 2. The van der Waals surface area contributed by atoms with Gasteiger partial charge in [-0.2, -0.15) is 8.78 Å². The van der Waals surface area contributed by atoms with Crippen LogP contribution in [-0.4, -0.2) is 18.9 Å². The maximum Gasteiger partial charge on any atom is 0.341 e. The average molecular weight is 272 g/mol. The molecule has 1 aromatic carbocycles. The molecule has 0 spiro atoms. The van der Waals surface area contributed by atoms with Gasteiger partial charge in [0.1, 0.15) is 0 Å². The van der Waals surface area contributed by atoms with E-state index >= 15 is 0 Å². The highest BCUT2D eigenvalue weighted by molar-refractivity contribution is 7.91. The van der Waals surface area contributed by atoms with Crippen LogP contribution in [-0.2, 0) is 9.84 Å². The normalized spacial score (nSPS) is 11.7. The van der Waals surface area contributed by atoms with Crippen molar-refractivity contribution in [2.45, 2.75) is 10.7 Å². The van der Waals surface area contributed by atoms with E-state index in [0.717, 1.165) is 6.07 Å². The summed E-state index contributed by atoms with van der Waals surface area (Å²) >= 11 is 0. The first-order chi connectivity index (χ1) is 8.51. The molecule has 0 aliphatic rings. The number of anilines is 1. The Hall–Kier alpha value is -1.89. The first-order valence-electron chi connectivity index (χ1n) is 5.03. The van der Waals surface area contributed by atoms with Gasteiger partial charge >= 0.3 is 5.76 Å². The summed E-state index contributed by atoms with van der Waals surface area (Å²) in [6, 6.07) is 8.98. The Morgan fingerprint density at radius 1 is 1.06 bits per heavy atom. The Balaban J connectivity index is 2.44. The van der Waals surface area contributed by atoms with Crippen molar-refractivity contribution in [1.29, 1.82) is 0 Å². The fourth-order valence-electron chi connectivity index (χ4n) is 1.45. The molecule has 0 saturated carbocycles. The number of benzene rings is 1. The van der Waals surface area contributed by atoms with Crippen molar-refractivity contribution >= 4 is 15.5 Å². The van der Waals surface area contributed by atoms with Crippen molar-refractivity contribution < 1.29 is 17.2 Å². The number of aromatic nitrogens is 1. The Labute approximate surface area is 103 Å². The molecule has 0 amide bonds. The van der Waals surface area contributed by atoms with Crippen LogP contribution < -0.4 is 5.43 Å². The Bertz CT molecular complexity index is 624. The topological polar surface area (TPSA) is 51.1 Å². The van der Waals surface area contributed by atoms with Gasteiger partial charge in [-0.15, -0.1) is 0 Å². The Morgan fingerprint density at radius 2 is 1.67 bits per heavy atom. The molecule has 4 nitrogen and oxygen atoms in total. The summed E-state index contributed by atoms with van der Waals surface area (Å²) < 4.78 is 49.5. The van der Waals surface area contributed by atoms with Gasteiger partial charge in [-0.1, -0.05) is 12.1 Å². The van der Waals surface area contributed by atoms with E-state index in [-0.39, 0.29) is 5.69 Å². The maximum atomic E-state index is 12.5. The van der Waals surface area contributed by atoms with E-state index in [1.54, 1.807) is 30.6 Å². The standard InChI is InChI=1S/C11H10F2N2O2S/c12-11(13)18(16,17)10-6-2-1-5-9(10)14-15-7-3-4-8-15/h1-8,11,14H. The van der Waals surface area contributed by atoms with Crippen LogP contribution in [0, 0.1) is 0 Å². The van der Waals surface area contributed by atoms with Crippen molar-refractivity contribution in [2.24, 2.45) is 0 Å². The molecule has 7 heteroatoms. The first kappa shape index (κ1) is 12.6. The van der Waals surface area contributed by atoms with Gasteiger partial charge in [0.2, 0.25) is 9.84 Å². The fourth-order valence-corrected chi connectivity index (χ4v) is 2.33. The van der Waals surface area contributed by atoms with Gasteiger partial charge in [0.15, 0.2) is 0 Å². The molecule has 18 heavy (non-hydrogen) atoms. The zero-order valence-electron chi connectivity index (χ0n) is 9.12. The summed E-state index contributed by atoms with van der Waals surface area (Å²) in [4.78, 5) is -0.422. The van der Waals surface area contributed by atoms with E-state index in [0.29, 0.717) is 0 Å². The monoisotopic (exact) mass is 272 g/mol. The van der Waals surface area contributed by atoms with Crippen LogP contribution in [0.1, 0.15) is 0 Å². The van der Waals surface area contributed by atoms with E-state index in [4.69, 9.17) is 0 Å². The number of halogens is 2. The second-order valence-electron chi connectivity index (χ2n) is 3.50. The molecule has 0 saturated heterocycles. The highest BCUT2D eigenvalue weighted by Crippen LogP contribution is 2.26. The van der Waals surface area contributed by atoms with Gasteiger partial charge in [-0.25, -0.2) is 8.42 Å². The lowest BCUT2D eigenvalue weighted by molar-refractivity contribution is 0.235. The second kappa shape index (κ2) is 4.77. The lowest BCUT2D eigenvalue weighted by Crippen LogP contribution is -2.15. The van der Waals surface area contributed by atoms with Crippen molar-refractivity contribution in [3.63, 3.8) is 0 Å². The molecule has 0 fully saturated rings. The molecule has 0 atom stereocenters. The number of rotatable bonds is 4. The van der Waals surface area contributed by atoms with Crippen LogP contribution in [0.5, 0.6) is 0 Å². The highest BCUT2D eigenvalue weighted by Gasteiger charge is 2.28. The molecule has 2 aromatic rings. The molecule has 1 aromatic heterocycles. The maximum absolute atomic E-state index is 12.5. The van der Waals surface area contributed by atoms with Crippen LogP contribution >= 0.6 is 0 Å². The molecule has 2 rings (SSSR count). The van der Waals surface area contributed by atoms with Gasteiger partial charge in [-0.3, -0.25) is 10.1 Å². The highest BCUT2D eigenvalue weighted by atomic mass is 32.2.